The standard InChI is InChI=1S/C15H30O4Si/c1-11(14(17)18)8-9-13(16)10-12(2)19-20(6,7)15(3,4)5/h8,12-13,16H,9-10H2,1-7H3,(H,17,18)/b11-8+. The molecule has 0 spiro atoms. The molecular formula is C15H30O4Si. The van der Waals surface area contributed by atoms with Gasteiger partial charge in [0.2, 0.25) is 0 Å². The van der Waals surface area contributed by atoms with E-state index in [-0.39, 0.29) is 16.7 Å². The molecule has 118 valence electrons. The Hall–Kier alpha value is -0.653. The number of rotatable bonds is 7. The van der Waals surface area contributed by atoms with Crippen molar-refractivity contribution in [3.05, 3.63) is 11.6 Å². The number of aliphatic hydroxyl groups excluding tert-OH is 1. The third-order valence-corrected chi connectivity index (χ3v) is 8.54. The number of aliphatic carboxylic acids is 1. The highest BCUT2D eigenvalue weighted by atomic mass is 28.4. The van der Waals surface area contributed by atoms with Crippen LogP contribution in [0.15, 0.2) is 11.6 Å². The van der Waals surface area contributed by atoms with Crippen molar-refractivity contribution in [2.24, 2.45) is 0 Å². The van der Waals surface area contributed by atoms with Gasteiger partial charge < -0.3 is 14.6 Å². The van der Waals surface area contributed by atoms with Crippen LogP contribution in [0.1, 0.15) is 47.5 Å². The van der Waals surface area contributed by atoms with Crippen LogP contribution in [0.3, 0.4) is 0 Å². The van der Waals surface area contributed by atoms with Crippen LogP contribution in [-0.2, 0) is 9.22 Å². The van der Waals surface area contributed by atoms with Gasteiger partial charge in [0, 0.05) is 11.7 Å². The van der Waals surface area contributed by atoms with Crippen LogP contribution in [0.5, 0.6) is 0 Å². The zero-order valence-electron chi connectivity index (χ0n) is 13.9. The van der Waals surface area contributed by atoms with E-state index in [1.165, 1.54) is 6.92 Å². The molecule has 0 aliphatic heterocycles. The van der Waals surface area contributed by atoms with E-state index in [4.69, 9.17) is 9.53 Å². The van der Waals surface area contributed by atoms with Crippen molar-refractivity contribution in [3.63, 3.8) is 0 Å². The molecule has 0 amide bonds. The molecule has 2 atom stereocenters. The van der Waals surface area contributed by atoms with Gasteiger partial charge in [-0.05, 0) is 44.8 Å². The van der Waals surface area contributed by atoms with Gasteiger partial charge in [-0.25, -0.2) is 4.79 Å². The second kappa shape index (κ2) is 7.38. The monoisotopic (exact) mass is 302 g/mol. The number of carboxylic acid groups (broad SMARTS) is 1. The van der Waals surface area contributed by atoms with Gasteiger partial charge in [-0.2, -0.15) is 0 Å². The summed E-state index contributed by atoms with van der Waals surface area (Å²) in [7, 11) is -1.82. The van der Waals surface area contributed by atoms with E-state index in [2.05, 4.69) is 33.9 Å². The van der Waals surface area contributed by atoms with E-state index in [0.29, 0.717) is 12.8 Å². The van der Waals surface area contributed by atoms with E-state index in [9.17, 15) is 9.90 Å². The minimum Gasteiger partial charge on any atom is -0.478 e. The Morgan fingerprint density at radius 3 is 2.25 bits per heavy atom. The Labute approximate surface area is 124 Å². The van der Waals surface area contributed by atoms with Crippen molar-refractivity contribution in [2.75, 3.05) is 0 Å². The molecule has 5 heteroatoms. The Morgan fingerprint density at radius 1 is 1.35 bits per heavy atom. The number of hydrogen-bond acceptors (Lipinski definition) is 3. The van der Waals surface area contributed by atoms with Crippen molar-refractivity contribution in [1.29, 1.82) is 0 Å². The van der Waals surface area contributed by atoms with Gasteiger partial charge in [0.05, 0.1) is 6.10 Å². The topological polar surface area (TPSA) is 66.8 Å². The van der Waals surface area contributed by atoms with Crippen LogP contribution in [-0.4, -0.2) is 36.7 Å². The van der Waals surface area contributed by atoms with Crippen molar-refractivity contribution < 1.29 is 19.4 Å². The molecule has 0 aliphatic carbocycles. The molecule has 0 aromatic heterocycles. The zero-order valence-corrected chi connectivity index (χ0v) is 14.9. The smallest absolute Gasteiger partial charge is 0.330 e. The molecule has 2 unspecified atom stereocenters. The highest BCUT2D eigenvalue weighted by Gasteiger charge is 2.38. The number of aliphatic hydroxyl groups is 1. The van der Waals surface area contributed by atoms with Gasteiger partial charge in [0.15, 0.2) is 8.32 Å². The lowest BCUT2D eigenvalue weighted by Gasteiger charge is -2.38. The van der Waals surface area contributed by atoms with Gasteiger partial charge in [-0.15, -0.1) is 0 Å². The molecular weight excluding hydrogens is 272 g/mol. The summed E-state index contributed by atoms with van der Waals surface area (Å²) < 4.78 is 6.17. The third-order valence-electron chi connectivity index (χ3n) is 3.94. The van der Waals surface area contributed by atoms with Crippen LogP contribution in [0, 0.1) is 0 Å². The van der Waals surface area contributed by atoms with Gasteiger partial charge in [0.1, 0.15) is 0 Å². The molecule has 0 fully saturated rings. The van der Waals surface area contributed by atoms with E-state index in [0.717, 1.165) is 0 Å². The molecule has 2 N–H and O–H groups in total. The summed E-state index contributed by atoms with van der Waals surface area (Å²) in [6.07, 6.45) is 1.85. The fraction of sp³-hybridized carbons (Fsp3) is 0.800. The predicted molar refractivity (Wildman–Crippen MR) is 84.4 cm³/mol. The van der Waals surface area contributed by atoms with E-state index in [1.54, 1.807) is 6.08 Å². The first kappa shape index (κ1) is 19.3. The maximum absolute atomic E-state index is 10.7. The number of hydrogen-bond donors (Lipinski definition) is 2. The van der Waals surface area contributed by atoms with E-state index in [1.807, 2.05) is 6.92 Å². The molecule has 0 rings (SSSR count). The molecule has 0 aromatic carbocycles. The molecule has 0 aromatic rings. The molecule has 0 saturated heterocycles. The first-order chi connectivity index (χ1) is 8.86. The second-order valence-corrected chi connectivity index (χ2v) is 11.8. The highest BCUT2D eigenvalue weighted by molar-refractivity contribution is 6.74. The van der Waals surface area contributed by atoms with Gasteiger partial charge in [0.25, 0.3) is 0 Å². The molecule has 0 heterocycles. The minimum atomic E-state index is -1.82. The Balaban J connectivity index is 4.38. The summed E-state index contributed by atoms with van der Waals surface area (Å²) >= 11 is 0. The SMILES string of the molecule is C/C(=C\CC(O)CC(C)O[Si](C)(C)C(C)(C)C)C(=O)O. The summed E-state index contributed by atoms with van der Waals surface area (Å²) in [4.78, 5) is 10.7. The molecule has 0 aliphatic rings. The van der Waals surface area contributed by atoms with Gasteiger partial charge in [-0.3, -0.25) is 0 Å². The second-order valence-electron chi connectivity index (χ2n) is 7.01. The van der Waals surface area contributed by atoms with Crippen molar-refractivity contribution in [2.45, 2.75) is 77.8 Å². The summed E-state index contributed by atoms with van der Waals surface area (Å²) in [5, 5.41) is 18.8. The number of carboxylic acids is 1. The van der Waals surface area contributed by atoms with E-state index >= 15 is 0 Å². The van der Waals surface area contributed by atoms with Crippen LogP contribution in [0.2, 0.25) is 18.1 Å². The molecule has 0 saturated carbocycles. The first-order valence-electron chi connectivity index (χ1n) is 7.12. The lowest BCUT2D eigenvalue weighted by Crippen LogP contribution is -2.43. The predicted octanol–water partition coefficient (Wildman–Crippen LogP) is 3.57. The normalized spacial score (nSPS) is 16.9. The van der Waals surface area contributed by atoms with Gasteiger partial charge in [-0.1, -0.05) is 26.8 Å². The van der Waals surface area contributed by atoms with Gasteiger partial charge >= 0.3 is 5.97 Å². The number of carbonyl (C=O) groups is 1. The Kier molecular flexibility index (Phi) is 7.14. The average Bonchev–Trinajstić information content (AvgIpc) is 2.22. The molecule has 20 heavy (non-hydrogen) atoms. The quantitative estimate of drug-likeness (QED) is 0.557. The third kappa shape index (κ3) is 6.68. The van der Waals surface area contributed by atoms with Crippen LogP contribution in [0.25, 0.3) is 0 Å². The summed E-state index contributed by atoms with van der Waals surface area (Å²) in [6, 6.07) is 0. The largest absolute Gasteiger partial charge is 0.478 e. The van der Waals surface area contributed by atoms with Crippen LogP contribution < -0.4 is 0 Å². The molecule has 4 nitrogen and oxygen atoms in total. The Morgan fingerprint density at radius 2 is 1.85 bits per heavy atom. The van der Waals surface area contributed by atoms with Crippen LogP contribution >= 0.6 is 0 Å². The maximum atomic E-state index is 10.7. The zero-order chi connectivity index (χ0) is 16.1. The van der Waals surface area contributed by atoms with E-state index < -0.39 is 20.4 Å². The fourth-order valence-electron chi connectivity index (χ4n) is 1.61. The summed E-state index contributed by atoms with van der Waals surface area (Å²) in [5.41, 5.74) is 0.266. The lowest BCUT2D eigenvalue weighted by atomic mass is 10.1. The van der Waals surface area contributed by atoms with Crippen molar-refractivity contribution in [1.82, 2.24) is 0 Å². The molecule has 0 bridgehead atoms. The summed E-state index contributed by atoms with van der Waals surface area (Å²) in [6.45, 7) is 14.4. The average molecular weight is 302 g/mol. The minimum absolute atomic E-state index is 0.0237. The van der Waals surface area contributed by atoms with Crippen molar-refractivity contribution in [3.8, 4) is 0 Å². The summed E-state index contributed by atoms with van der Waals surface area (Å²) in [5.74, 6) is -0.942. The van der Waals surface area contributed by atoms with Crippen molar-refractivity contribution >= 4 is 14.3 Å². The Bertz CT molecular complexity index is 355. The first-order valence-corrected chi connectivity index (χ1v) is 10.0. The maximum Gasteiger partial charge on any atom is 0.330 e. The molecule has 0 radical (unpaired) electrons. The lowest BCUT2D eigenvalue weighted by molar-refractivity contribution is -0.132. The van der Waals surface area contributed by atoms with Crippen LogP contribution in [0.4, 0.5) is 0 Å². The highest BCUT2D eigenvalue weighted by Crippen LogP contribution is 2.37. The fourth-order valence-corrected chi connectivity index (χ4v) is 3.06.